The maximum absolute atomic E-state index is 12.9. The van der Waals surface area contributed by atoms with E-state index in [-0.39, 0.29) is 27.6 Å². The number of carbonyl (C=O) groups is 1. The van der Waals surface area contributed by atoms with Gasteiger partial charge in [0, 0.05) is 18.6 Å². The van der Waals surface area contributed by atoms with Crippen molar-refractivity contribution in [3.63, 3.8) is 0 Å². The monoisotopic (exact) mass is 360 g/mol. The summed E-state index contributed by atoms with van der Waals surface area (Å²) in [5.41, 5.74) is 6.09. The minimum absolute atomic E-state index is 0.0484. The Morgan fingerprint density at radius 2 is 2.13 bits per heavy atom. The van der Waals surface area contributed by atoms with Crippen LogP contribution < -0.4 is 5.73 Å². The number of nitrogens with zero attached hydrogens (tertiary/aromatic N) is 1. The molecule has 2 rings (SSSR count). The molecular weight excluding hydrogens is 340 g/mol. The van der Waals surface area contributed by atoms with E-state index < -0.39 is 16.0 Å². The van der Waals surface area contributed by atoms with Gasteiger partial charge in [-0.05, 0) is 38.0 Å². The first-order valence-corrected chi connectivity index (χ1v) is 9.26. The Balaban J connectivity index is 2.39. The lowest BCUT2D eigenvalue weighted by atomic mass is 10.00. The van der Waals surface area contributed by atoms with Crippen molar-refractivity contribution in [1.82, 2.24) is 4.31 Å². The third kappa shape index (κ3) is 3.68. The minimum Gasteiger partial charge on any atom is -0.465 e. The zero-order valence-corrected chi connectivity index (χ0v) is 14.7. The number of hydrogen-bond donors (Lipinski definition) is 1. The van der Waals surface area contributed by atoms with Gasteiger partial charge in [0.05, 0.1) is 22.6 Å². The van der Waals surface area contributed by atoms with Gasteiger partial charge in [0.15, 0.2) is 0 Å². The molecule has 1 fully saturated rings. The van der Waals surface area contributed by atoms with Gasteiger partial charge in [-0.1, -0.05) is 18.0 Å². The average Bonchev–Trinajstić information content (AvgIpc) is 2.53. The zero-order chi connectivity index (χ0) is 17.2. The molecule has 1 aliphatic rings. The first-order valence-electron chi connectivity index (χ1n) is 7.44. The quantitative estimate of drug-likeness (QED) is 0.829. The number of hydrogen-bond acceptors (Lipinski definition) is 5. The fourth-order valence-corrected chi connectivity index (χ4v) is 4.95. The largest absolute Gasteiger partial charge is 0.465 e. The molecule has 0 radical (unpaired) electrons. The second-order valence-corrected chi connectivity index (χ2v) is 7.97. The Morgan fingerprint density at radius 3 is 2.70 bits per heavy atom. The zero-order valence-electron chi connectivity index (χ0n) is 13.2. The number of methoxy groups -OCH3 is 1. The van der Waals surface area contributed by atoms with Crippen LogP contribution in [-0.4, -0.2) is 44.4 Å². The molecule has 0 aromatic heterocycles. The smallest absolute Gasteiger partial charge is 0.339 e. The number of carbonyl (C=O) groups excluding carboxylic acids is 1. The summed E-state index contributed by atoms with van der Waals surface area (Å²) in [5, 5.41) is 0.0484. The summed E-state index contributed by atoms with van der Waals surface area (Å²) in [4.78, 5) is 11.6. The van der Waals surface area contributed by atoms with Crippen molar-refractivity contribution in [2.24, 2.45) is 5.73 Å². The summed E-state index contributed by atoms with van der Waals surface area (Å²) in [5.74, 6) is -0.606. The van der Waals surface area contributed by atoms with Crippen LogP contribution in [0.3, 0.4) is 0 Å². The van der Waals surface area contributed by atoms with Gasteiger partial charge in [-0.15, -0.1) is 0 Å². The number of piperidine rings is 1. The number of benzene rings is 1. The predicted molar refractivity (Wildman–Crippen MR) is 88.0 cm³/mol. The molecule has 1 heterocycles. The van der Waals surface area contributed by atoms with Crippen LogP contribution in [-0.2, 0) is 14.8 Å². The molecule has 1 aromatic carbocycles. The SMILES string of the molecule is COC(=O)c1ccc(S(=O)(=O)N2CCCCC2C(C)N)cc1Cl. The number of ether oxygens (including phenoxy) is 1. The van der Waals surface area contributed by atoms with Crippen molar-refractivity contribution in [3.8, 4) is 0 Å². The third-order valence-electron chi connectivity index (χ3n) is 4.06. The summed E-state index contributed by atoms with van der Waals surface area (Å²) in [6, 6.07) is 3.55. The van der Waals surface area contributed by atoms with Gasteiger partial charge < -0.3 is 10.5 Å². The van der Waals surface area contributed by atoms with E-state index in [1.807, 2.05) is 6.92 Å². The highest BCUT2D eigenvalue weighted by Gasteiger charge is 2.35. The van der Waals surface area contributed by atoms with Gasteiger partial charge in [0.1, 0.15) is 0 Å². The highest BCUT2D eigenvalue weighted by atomic mass is 35.5. The lowest BCUT2D eigenvalue weighted by molar-refractivity contribution is 0.0601. The molecule has 0 amide bonds. The topological polar surface area (TPSA) is 89.7 Å². The second-order valence-electron chi connectivity index (χ2n) is 5.67. The van der Waals surface area contributed by atoms with Crippen LogP contribution in [0.4, 0.5) is 0 Å². The molecule has 2 atom stereocenters. The lowest BCUT2D eigenvalue weighted by Crippen LogP contribution is -2.51. The first-order chi connectivity index (χ1) is 10.8. The van der Waals surface area contributed by atoms with Crippen LogP contribution in [0.15, 0.2) is 23.1 Å². The molecule has 1 saturated heterocycles. The molecule has 0 saturated carbocycles. The fraction of sp³-hybridized carbons (Fsp3) is 0.533. The van der Waals surface area contributed by atoms with Gasteiger partial charge in [-0.25, -0.2) is 13.2 Å². The van der Waals surface area contributed by atoms with Crippen LogP contribution in [0.5, 0.6) is 0 Å². The Kier molecular flexibility index (Phi) is 5.67. The molecule has 1 aromatic rings. The number of rotatable bonds is 4. The maximum Gasteiger partial charge on any atom is 0.339 e. The van der Waals surface area contributed by atoms with E-state index in [9.17, 15) is 13.2 Å². The second kappa shape index (κ2) is 7.17. The van der Waals surface area contributed by atoms with E-state index in [0.29, 0.717) is 6.54 Å². The fourth-order valence-electron chi connectivity index (χ4n) is 2.82. The molecule has 2 N–H and O–H groups in total. The Bertz CT molecular complexity index is 691. The van der Waals surface area contributed by atoms with E-state index in [0.717, 1.165) is 19.3 Å². The van der Waals surface area contributed by atoms with Crippen LogP contribution in [0.25, 0.3) is 0 Å². The average molecular weight is 361 g/mol. The van der Waals surface area contributed by atoms with E-state index >= 15 is 0 Å². The van der Waals surface area contributed by atoms with E-state index in [1.54, 1.807) is 0 Å². The lowest BCUT2D eigenvalue weighted by Gasteiger charge is -2.36. The first kappa shape index (κ1) is 18.2. The number of halogens is 1. The molecule has 2 unspecified atom stereocenters. The molecule has 23 heavy (non-hydrogen) atoms. The predicted octanol–water partition coefficient (Wildman–Crippen LogP) is 2.02. The van der Waals surface area contributed by atoms with Gasteiger partial charge in [-0.2, -0.15) is 4.31 Å². The van der Waals surface area contributed by atoms with E-state index in [4.69, 9.17) is 17.3 Å². The van der Waals surface area contributed by atoms with Crippen molar-refractivity contribution in [2.75, 3.05) is 13.7 Å². The number of sulfonamides is 1. The Hall–Kier alpha value is -1.15. The molecular formula is C15H21ClN2O4S. The van der Waals surface area contributed by atoms with E-state index in [1.165, 1.54) is 29.6 Å². The standard InChI is InChI=1S/C15H21ClN2O4S/c1-10(17)14-5-3-4-8-18(14)23(20,21)11-6-7-12(13(16)9-11)15(19)22-2/h6-7,9-10,14H,3-5,8,17H2,1-2H3. The maximum atomic E-state index is 12.9. The molecule has 0 spiro atoms. The normalized spacial score (nSPS) is 21.0. The summed E-state index contributed by atoms with van der Waals surface area (Å²) in [6.07, 6.45) is 2.50. The van der Waals surface area contributed by atoms with Crippen LogP contribution >= 0.6 is 11.6 Å². The van der Waals surface area contributed by atoms with Crippen LogP contribution in [0.1, 0.15) is 36.5 Å². The summed E-state index contributed by atoms with van der Waals surface area (Å²) < 4.78 is 31.9. The highest BCUT2D eigenvalue weighted by Crippen LogP contribution is 2.29. The molecule has 8 heteroatoms. The van der Waals surface area contributed by atoms with Crippen molar-refractivity contribution >= 4 is 27.6 Å². The Labute approximate surface area is 141 Å². The molecule has 0 bridgehead atoms. The van der Waals surface area contributed by atoms with Crippen molar-refractivity contribution < 1.29 is 17.9 Å². The third-order valence-corrected chi connectivity index (χ3v) is 6.29. The van der Waals surface area contributed by atoms with Gasteiger partial charge in [0.25, 0.3) is 0 Å². The van der Waals surface area contributed by atoms with Gasteiger partial charge >= 0.3 is 5.97 Å². The molecule has 1 aliphatic heterocycles. The van der Waals surface area contributed by atoms with E-state index in [2.05, 4.69) is 4.74 Å². The molecule has 0 aliphatic carbocycles. The van der Waals surface area contributed by atoms with Crippen molar-refractivity contribution in [3.05, 3.63) is 28.8 Å². The minimum atomic E-state index is -3.71. The summed E-state index contributed by atoms with van der Waals surface area (Å²) in [6.45, 7) is 2.25. The number of nitrogens with two attached hydrogens (primary N) is 1. The van der Waals surface area contributed by atoms with Gasteiger partial charge in [-0.3, -0.25) is 0 Å². The molecule has 6 nitrogen and oxygen atoms in total. The summed E-state index contributed by atoms with van der Waals surface area (Å²) >= 11 is 6.04. The van der Waals surface area contributed by atoms with Gasteiger partial charge in [0.2, 0.25) is 10.0 Å². The highest BCUT2D eigenvalue weighted by molar-refractivity contribution is 7.89. The number of esters is 1. The van der Waals surface area contributed by atoms with Crippen molar-refractivity contribution in [1.29, 1.82) is 0 Å². The molecule has 128 valence electrons. The van der Waals surface area contributed by atoms with Crippen molar-refractivity contribution in [2.45, 2.75) is 43.2 Å². The Morgan fingerprint density at radius 1 is 1.43 bits per heavy atom. The van der Waals surface area contributed by atoms with Crippen LogP contribution in [0, 0.1) is 0 Å². The van der Waals surface area contributed by atoms with Crippen LogP contribution in [0.2, 0.25) is 5.02 Å². The summed E-state index contributed by atoms with van der Waals surface area (Å²) in [7, 11) is -2.47.